The van der Waals surface area contributed by atoms with Gasteiger partial charge in [0.25, 0.3) is 0 Å². The van der Waals surface area contributed by atoms with E-state index in [2.05, 4.69) is 42.8 Å². The quantitative estimate of drug-likeness (QED) is 0.291. The van der Waals surface area contributed by atoms with Crippen LogP contribution in [0.4, 0.5) is 17.3 Å². The van der Waals surface area contributed by atoms with Crippen LogP contribution in [0.25, 0.3) is 5.52 Å². The molecule has 0 bridgehead atoms. The number of likely N-dealkylation sites (tertiary alicyclic amines) is 1. The summed E-state index contributed by atoms with van der Waals surface area (Å²) in [5, 5.41) is 18.6. The molecule has 2 amide bonds. The summed E-state index contributed by atoms with van der Waals surface area (Å²) in [5.74, 6) is 1.48. The minimum atomic E-state index is -0.0798. The van der Waals surface area contributed by atoms with Gasteiger partial charge in [-0.2, -0.15) is 5.10 Å². The number of hydrogen-bond donors (Lipinski definition) is 3. The number of benzene rings is 1. The predicted octanol–water partition coefficient (Wildman–Crippen LogP) is 2.69. The van der Waals surface area contributed by atoms with Crippen LogP contribution in [0.3, 0.4) is 0 Å². The highest BCUT2D eigenvalue weighted by molar-refractivity contribution is 7.99. The molecular weight excluding hydrogens is 540 g/mol. The number of fused-ring (bicyclic) bond motifs is 1. The average molecular weight is 575 g/mol. The molecule has 12 nitrogen and oxygen atoms in total. The molecule has 0 saturated carbocycles. The fourth-order valence-corrected chi connectivity index (χ4v) is 5.98. The van der Waals surface area contributed by atoms with Gasteiger partial charge in [0.2, 0.25) is 17.0 Å². The van der Waals surface area contributed by atoms with Gasteiger partial charge >= 0.3 is 0 Å². The minimum Gasteiger partial charge on any atom is -0.340 e. The van der Waals surface area contributed by atoms with Crippen LogP contribution in [0.2, 0.25) is 0 Å². The first-order chi connectivity index (χ1) is 19.9. The van der Waals surface area contributed by atoms with Gasteiger partial charge in [-0.1, -0.05) is 0 Å². The van der Waals surface area contributed by atoms with Crippen LogP contribution >= 0.6 is 11.8 Å². The van der Waals surface area contributed by atoms with Gasteiger partial charge in [0.1, 0.15) is 5.52 Å². The van der Waals surface area contributed by atoms with E-state index in [0.29, 0.717) is 23.3 Å². The van der Waals surface area contributed by atoms with Gasteiger partial charge in [0.05, 0.1) is 12.5 Å². The Morgan fingerprint density at radius 1 is 1.10 bits per heavy atom. The van der Waals surface area contributed by atoms with E-state index < -0.39 is 0 Å². The van der Waals surface area contributed by atoms with Crippen molar-refractivity contribution in [3.8, 4) is 0 Å². The smallest absolute Gasteiger partial charge is 0.238 e. The van der Waals surface area contributed by atoms with Crippen molar-refractivity contribution in [3.63, 3.8) is 0 Å². The Hall–Kier alpha value is -3.94. The lowest BCUT2D eigenvalue weighted by Gasteiger charge is -2.34. The maximum absolute atomic E-state index is 12.9. The highest BCUT2D eigenvalue weighted by Crippen LogP contribution is 2.29. The van der Waals surface area contributed by atoms with Crippen molar-refractivity contribution in [2.24, 2.45) is 5.92 Å². The largest absolute Gasteiger partial charge is 0.340 e. The molecule has 2 saturated heterocycles. The zero-order chi connectivity index (χ0) is 28.3. The van der Waals surface area contributed by atoms with Crippen molar-refractivity contribution < 1.29 is 9.59 Å². The van der Waals surface area contributed by atoms with Crippen LogP contribution in [0.15, 0.2) is 58.7 Å². The monoisotopic (exact) mass is 574 g/mol. The molecule has 41 heavy (non-hydrogen) atoms. The summed E-state index contributed by atoms with van der Waals surface area (Å²) in [6.07, 6.45) is 2.69. The second-order valence-electron chi connectivity index (χ2n) is 10.7. The summed E-state index contributed by atoms with van der Waals surface area (Å²) >= 11 is 1.43. The Morgan fingerprint density at radius 2 is 1.90 bits per heavy atom. The number of hydrogen-bond acceptors (Lipinski definition) is 9. The summed E-state index contributed by atoms with van der Waals surface area (Å²) in [5.41, 5.74) is 2.53. The number of piperazine rings is 1. The van der Waals surface area contributed by atoms with Gasteiger partial charge in [-0.15, -0.1) is 5.10 Å². The fourth-order valence-electron chi connectivity index (χ4n) is 5.23. The molecule has 2 aliphatic rings. The number of nitrogens with one attached hydrogen (secondary N) is 3. The van der Waals surface area contributed by atoms with E-state index in [0.717, 1.165) is 60.9 Å². The third-order valence-corrected chi connectivity index (χ3v) is 8.34. The molecular formula is C28H34N10O2S. The van der Waals surface area contributed by atoms with Crippen molar-refractivity contribution in [1.82, 2.24) is 39.5 Å². The van der Waals surface area contributed by atoms with Gasteiger partial charge in [-0.25, -0.2) is 9.50 Å². The van der Waals surface area contributed by atoms with Crippen LogP contribution < -0.4 is 10.6 Å². The van der Waals surface area contributed by atoms with Gasteiger partial charge in [-0.05, 0) is 75.1 Å². The van der Waals surface area contributed by atoms with Gasteiger partial charge in [-0.3, -0.25) is 19.6 Å². The summed E-state index contributed by atoms with van der Waals surface area (Å²) in [6, 6.07) is 13.4. The molecule has 2 fully saturated rings. The van der Waals surface area contributed by atoms with Crippen LogP contribution in [0.1, 0.15) is 12.1 Å². The minimum absolute atomic E-state index is 0.0189. The number of anilines is 3. The zero-order valence-corrected chi connectivity index (χ0v) is 24.0. The molecule has 13 heteroatoms. The molecule has 0 aliphatic carbocycles. The second kappa shape index (κ2) is 11.9. The molecule has 1 atom stereocenters. The molecule has 4 aromatic rings. The predicted molar refractivity (Wildman–Crippen MR) is 157 cm³/mol. The first-order valence-corrected chi connectivity index (χ1v) is 14.6. The molecule has 0 spiro atoms. The van der Waals surface area contributed by atoms with E-state index in [-0.39, 0.29) is 24.3 Å². The number of H-pyrrole nitrogens is 1. The lowest BCUT2D eigenvalue weighted by molar-refractivity contribution is -0.136. The number of aromatic nitrogens is 5. The van der Waals surface area contributed by atoms with Crippen molar-refractivity contribution in [2.75, 3.05) is 63.5 Å². The van der Waals surface area contributed by atoms with Gasteiger partial charge in [0, 0.05) is 61.3 Å². The zero-order valence-electron chi connectivity index (χ0n) is 23.2. The van der Waals surface area contributed by atoms with Crippen LogP contribution in [0, 0.1) is 12.8 Å². The highest BCUT2D eigenvalue weighted by atomic mass is 32.2. The van der Waals surface area contributed by atoms with Crippen LogP contribution in [-0.4, -0.2) is 104 Å². The van der Waals surface area contributed by atoms with Crippen molar-refractivity contribution in [1.29, 1.82) is 0 Å². The Kier molecular flexibility index (Phi) is 7.90. The second-order valence-corrected chi connectivity index (χ2v) is 11.7. The number of amides is 2. The summed E-state index contributed by atoms with van der Waals surface area (Å²) in [7, 11) is 2.08. The molecule has 2 aliphatic heterocycles. The first-order valence-electron chi connectivity index (χ1n) is 13.8. The van der Waals surface area contributed by atoms with E-state index in [1.807, 2.05) is 60.5 Å². The molecule has 6 rings (SSSR count). The maximum atomic E-state index is 12.9. The van der Waals surface area contributed by atoms with Crippen LogP contribution in [-0.2, 0) is 9.59 Å². The van der Waals surface area contributed by atoms with Gasteiger partial charge in [0.15, 0.2) is 11.6 Å². The Morgan fingerprint density at radius 3 is 2.66 bits per heavy atom. The molecule has 3 aromatic heterocycles. The topological polar surface area (TPSA) is 127 Å². The number of likely N-dealkylation sites (N-methyl/N-ethyl adjacent to an activating group) is 1. The van der Waals surface area contributed by atoms with Crippen molar-refractivity contribution >= 4 is 46.4 Å². The Balaban J connectivity index is 1.02. The first kappa shape index (κ1) is 27.2. The third kappa shape index (κ3) is 6.53. The van der Waals surface area contributed by atoms with E-state index in [4.69, 9.17) is 4.98 Å². The normalized spacial score (nSPS) is 18.2. The highest BCUT2D eigenvalue weighted by Gasteiger charge is 2.33. The van der Waals surface area contributed by atoms with E-state index >= 15 is 0 Å². The number of nitrogens with zero attached hydrogens (tertiary/aromatic N) is 7. The van der Waals surface area contributed by atoms with Crippen molar-refractivity contribution in [3.05, 3.63) is 54.4 Å². The number of rotatable bonds is 8. The third-order valence-electron chi connectivity index (χ3n) is 7.47. The van der Waals surface area contributed by atoms with Crippen LogP contribution in [0.5, 0.6) is 0 Å². The molecule has 3 N–H and O–H groups in total. The maximum Gasteiger partial charge on any atom is 0.238 e. The lowest BCUT2D eigenvalue weighted by atomic mass is 10.1. The standard InChI is InChI=1S/C28H34N10O2S/c1-19-16-24(33-32-19)30-26-23-4-3-10-38(23)34-28(31-26)41-22-7-5-21(6-8-22)29-25(39)18-36-11-9-20(17-36)27(40)37-14-12-35(2)13-15-37/h3-8,10,16,20H,9,11-15,17-18H2,1-2H3,(H,29,39)(H2,30,31,32,33,34). The number of aromatic amines is 1. The van der Waals surface area contributed by atoms with E-state index in [1.165, 1.54) is 11.8 Å². The molecule has 214 valence electrons. The number of carbonyl (C=O) groups is 2. The Bertz CT molecular complexity index is 1530. The Labute approximate surface area is 242 Å². The summed E-state index contributed by atoms with van der Waals surface area (Å²) in [4.78, 5) is 37.6. The average Bonchev–Trinajstić information content (AvgIpc) is 3.71. The lowest BCUT2D eigenvalue weighted by Crippen LogP contribution is -2.49. The van der Waals surface area contributed by atoms with E-state index in [9.17, 15) is 9.59 Å². The molecule has 1 aromatic carbocycles. The van der Waals surface area contributed by atoms with E-state index in [1.54, 1.807) is 4.52 Å². The summed E-state index contributed by atoms with van der Waals surface area (Å²) < 4.78 is 1.79. The van der Waals surface area contributed by atoms with Crippen molar-refractivity contribution in [2.45, 2.75) is 23.4 Å². The molecule has 5 heterocycles. The number of carbonyl (C=O) groups excluding carboxylic acids is 2. The molecule has 0 radical (unpaired) electrons. The fraction of sp³-hybridized carbons (Fsp3) is 0.393. The van der Waals surface area contributed by atoms with Gasteiger partial charge < -0.3 is 20.4 Å². The number of aryl methyl sites for hydroxylation is 1. The summed E-state index contributed by atoms with van der Waals surface area (Å²) in [6.45, 7) is 7.03. The SMILES string of the molecule is Cc1cc(Nc2nc(Sc3ccc(NC(=O)CN4CCC(C(=O)N5CCN(C)CC5)C4)cc3)nn3cccc23)n[nH]1. The molecule has 1 unspecified atom stereocenters.